The number of amides is 2. The van der Waals surface area contributed by atoms with Gasteiger partial charge < -0.3 is 15.0 Å². The molecule has 1 aliphatic heterocycles. The van der Waals surface area contributed by atoms with Gasteiger partial charge in [-0.05, 0) is 25.5 Å². The lowest BCUT2D eigenvalue weighted by atomic mass is 10.2. The SMILES string of the molecule is CSC1CCC(NC(=O)N2CCOCC2)C1. The summed E-state index contributed by atoms with van der Waals surface area (Å²) >= 11 is 1.91. The van der Waals surface area contributed by atoms with Crippen molar-refractivity contribution < 1.29 is 9.53 Å². The lowest BCUT2D eigenvalue weighted by Crippen LogP contribution is -2.48. The maximum absolute atomic E-state index is 11.9. The molecule has 1 heterocycles. The van der Waals surface area contributed by atoms with Gasteiger partial charge in [-0.15, -0.1) is 0 Å². The zero-order valence-corrected chi connectivity index (χ0v) is 10.6. The number of nitrogens with one attached hydrogen (secondary N) is 1. The Labute approximate surface area is 101 Å². The summed E-state index contributed by atoms with van der Waals surface area (Å²) in [4.78, 5) is 13.8. The molecule has 5 heteroatoms. The number of hydrogen-bond acceptors (Lipinski definition) is 3. The monoisotopic (exact) mass is 244 g/mol. The van der Waals surface area contributed by atoms with Gasteiger partial charge in [0, 0.05) is 24.4 Å². The summed E-state index contributed by atoms with van der Waals surface area (Å²) < 4.78 is 5.23. The number of ether oxygens (including phenoxy) is 1. The minimum Gasteiger partial charge on any atom is -0.378 e. The molecule has 0 spiro atoms. The highest BCUT2D eigenvalue weighted by atomic mass is 32.2. The Morgan fingerprint density at radius 2 is 2.12 bits per heavy atom. The highest BCUT2D eigenvalue weighted by Crippen LogP contribution is 2.28. The Morgan fingerprint density at radius 3 is 2.75 bits per heavy atom. The molecule has 92 valence electrons. The standard InChI is InChI=1S/C11H20N2O2S/c1-16-10-3-2-9(8-10)12-11(14)13-4-6-15-7-5-13/h9-10H,2-8H2,1H3,(H,12,14). The molecule has 2 aliphatic rings. The van der Waals surface area contributed by atoms with Gasteiger partial charge in [0.1, 0.15) is 0 Å². The summed E-state index contributed by atoms with van der Waals surface area (Å²) in [6.45, 7) is 2.80. The largest absolute Gasteiger partial charge is 0.378 e. The van der Waals surface area contributed by atoms with Crippen LogP contribution < -0.4 is 5.32 Å². The normalized spacial score (nSPS) is 30.4. The third-order valence-electron chi connectivity index (χ3n) is 3.34. The smallest absolute Gasteiger partial charge is 0.317 e. The van der Waals surface area contributed by atoms with Crippen LogP contribution in [-0.4, -0.2) is 54.8 Å². The molecule has 1 saturated heterocycles. The Morgan fingerprint density at radius 1 is 1.38 bits per heavy atom. The van der Waals surface area contributed by atoms with E-state index in [0.717, 1.165) is 31.2 Å². The minimum atomic E-state index is 0.0926. The molecule has 2 unspecified atom stereocenters. The van der Waals surface area contributed by atoms with E-state index in [1.165, 1.54) is 6.42 Å². The van der Waals surface area contributed by atoms with Crippen LogP contribution in [0, 0.1) is 0 Å². The molecule has 2 atom stereocenters. The van der Waals surface area contributed by atoms with Crippen LogP contribution in [0.2, 0.25) is 0 Å². The molecule has 0 aromatic carbocycles. The van der Waals surface area contributed by atoms with Gasteiger partial charge in [-0.25, -0.2) is 4.79 Å². The number of urea groups is 1. The quantitative estimate of drug-likeness (QED) is 0.796. The molecular weight excluding hydrogens is 224 g/mol. The van der Waals surface area contributed by atoms with Crippen molar-refractivity contribution >= 4 is 17.8 Å². The molecule has 4 nitrogen and oxygen atoms in total. The van der Waals surface area contributed by atoms with Crippen molar-refractivity contribution in [1.82, 2.24) is 10.2 Å². The molecule has 1 saturated carbocycles. The number of thioether (sulfide) groups is 1. The average Bonchev–Trinajstić information content (AvgIpc) is 2.78. The Bertz CT molecular complexity index is 244. The second-order valence-electron chi connectivity index (χ2n) is 4.42. The van der Waals surface area contributed by atoms with E-state index in [1.807, 2.05) is 16.7 Å². The first kappa shape index (κ1) is 12.0. The molecule has 0 aromatic rings. The first-order chi connectivity index (χ1) is 7.79. The van der Waals surface area contributed by atoms with Crippen molar-refractivity contribution in [3.8, 4) is 0 Å². The van der Waals surface area contributed by atoms with E-state index >= 15 is 0 Å². The lowest BCUT2D eigenvalue weighted by molar-refractivity contribution is 0.0525. The summed E-state index contributed by atoms with van der Waals surface area (Å²) in [6, 6.07) is 0.475. The van der Waals surface area contributed by atoms with Gasteiger partial charge in [-0.3, -0.25) is 0 Å². The van der Waals surface area contributed by atoms with Gasteiger partial charge in [0.2, 0.25) is 0 Å². The van der Waals surface area contributed by atoms with E-state index in [4.69, 9.17) is 4.74 Å². The fourth-order valence-electron chi connectivity index (χ4n) is 2.32. The molecule has 2 fully saturated rings. The molecule has 1 N–H and O–H groups in total. The van der Waals surface area contributed by atoms with Crippen molar-refractivity contribution in [3.05, 3.63) is 0 Å². The van der Waals surface area contributed by atoms with Crippen LogP contribution in [0.15, 0.2) is 0 Å². The number of hydrogen-bond donors (Lipinski definition) is 1. The van der Waals surface area contributed by atoms with Crippen molar-refractivity contribution in [2.24, 2.45) is 0 Å². The lowest BCUT2D eigenvalue weighted by Gasteiger charge is -2.28. The predicted octanol–water partition coefficient (Wildman–Crippen LogP) is 1.31. The van der Waals surface area contributed by atoms with Crippen molar-refractivity contribution in [3.63, 3.8) is 0 Å². The van der Waals surface area contributed by atoms with Crippen LogP contribution in [0.5, 0.6) is 0 Å². The second-order valence-corrected chi connectivity index (χ2v) is 5.55. The molecule has 2 rings (SSSR count). The van der Waals surface area contributed by atoms with Crippen molar-refractivity contribution in [1.29, 1.82) is 0 Å². The number of rotatable bonds is 2. The highest BCUT2D eigenvalue weighted by Gasteiger charge is 2.27. The van der Waals surface area contributed by atoms with Gasteiger partial charge >= 0.3 is 6.03 Å². The van der Waals surface area contributed by atoms with E-state index < -0.39 is 0 Å². The van der Waals surface area contributed by atoms with Crippen molar-refractivity contribution in [2.45, 2.75) is 30.6 Å². The number of morpholine rings is 1. The Balaban J connectivity index is 1.74. The first-order valence-electron chi connectivity index (χ1n) is 5.95. The van der Waals surface area contributed by atoms with Gasteiger partial charge in [-0.1, -0.05) is 0 Å². The van der Waals surface area contributed by atoms with Crippen LogP contribution in [0.25, 0.3) is 0 Å². The van der Waals surface area contributed by atoms with Crippen molar-refractivity contribution in [2.75, 3.05) is 32.6 Å². The van der Waals surface area contributed by atoms with Crippen LogP contribution in [0.3, 0.4) is 0 Å². The van der Waals surface area contributed by atoms with Crippen LogP contribution in [0.1, 0.15) is 19.3 Å². The average molecular weight is 244 g/mol. The highest BCUT2D eigenvalue weighted by molar-refractivity contribution is 7.99. The number of carbonyl (C=O) groups excluding carboxylic acids is 1. The number of nitrogens with zero attached hydrogens (tertiary/aromatic N) is 1. The van der Waals surface area contributed by atoms with E-state index in [2.05, 4.69) is 11.6 Å². The summed E-state index contributed by atoms with van der Waals surface area (Å²) in [5.74, 6) is 0. The summed E-state index contributed by atoms with van der Waals surface area (Å²) in [5, 5.41) is 3.86. The first-order valence-corrected chi connectivity index (χ1v) is 7.24. The zero-order valence-electron chi connectivity index (χ0n) is 9.78. The molecule has 0 radical (unpaired) electrons. The third kappa shape index (κ3) is 3.04. The van der Waals surface area contributed by atoms with Crippen LogP contribution in [-0.2, 0) is 4.74 Å². The maximum atomic E-state index is 11.9. The molecule has 2 amide bonds. The fraction of sp³-hybridized carbons (Fsp3) is 0.909. The molecule has 16 heavy (non-hydrogen) atoms. The van der Waals surface area contributed by atoms with Gasteiger partial charge in [0.05, 0.1) is 13.2 Å². The van der Waals surface area contributed by atoms with Gasteiger partial charge in [0.25, 0.3) is 0 Å². The van der Waals surface area contributed by atoms with Gasteiger partial charge in [0.15, 0.2) is 0 Å². The maximum Gasteiger partial charge on any atom is 0.317 e. The summed E-state index contributed by atoms with van der Waals surface area (Å²) in [6.07, 6.45) is 5.63. The topological polar surface area (TPSA) is 41.6 Å². The van der Waals surface area contributed by atoms with E-state index in [9.17, 15) is 4.79 Å². The molecule has 0 aromatic heterocycles. The van der Waals surface area contributed by atoms with E-state index in [-0.39, 0.29) is 6.03 Å². The molecule has 0 bridgehead atoms. The fourth-order valence-corrected chi connectivity index (χ4v) is 3.11. The minimum absolute atomic E-state index is 0.0926. The summed E-state index contributed by atoms with van der Waals surface area (Å²) in [7, 11) is 0. The third-order valence-corrected chi connectivity index (χ3v) is 4.44. The second kappa shape index (κ2) is 5.77. The predicted molar refractivity (Wildman–Crippen MR) is 65.9 cm³/mol. The molecule has 1 aliphatic carbocycles. The van der Waals surface area contributed by atoms with Crippen LogP contribution >= 0.6 is 11.8 Å². The van der Waals surface area contributed by atoms with E-state index in [1.54, 1.807) is 0 Å². The van der Waals surface area contributed by atoms with Gasteiger partial charge in [-0.2, -0.15) is 11.8 Å². The molecular formula is C11H20N2O2S. The Kier molecular flexibility index (Phi) is 4.35. The number of carbonyl (C=O) groups is 1. The summed E-state index contributed by atoms with van der Waals surface area (Å²) in [5.41, 5.74) is 0. The Hall–Kier alpha value is -0.420. The zero-order chi connectivity index (χ0) is 11.4. The van der Waals surface area contributed by atoms with Crippen LogP contribution in [0.4, 0.5) is 4.79 Å². The van der Waals surface area contributed by atoms with E-state index in [0.29, 0.717) is 19.3 Å².